The van der Waals surface area contributed by atoms with Crippen molar-refractivity contribution in [2.24, 2.45) is 11.3 Å². The van der Waals surface area contributed by atoms with Crippen LogP contribution in [-0.2, 0) is 16.1 Å². The second-order valence-electron chi connectivity index (χ2n) is 7.79. The number of rotatable bonds is 5. The highest BCUT2D eigenvalue weighted by atomic mass is 19.1. The van der Waals surface area contributed by atoms with Gasteiger partial charge >= 0.3 is 5.97 Å². The maximum Gasteiger partial charge on any atom is 0.309 e. The monoisotopic (exact) mass is 413 g/mol. The summed E-state index contributed by atoms with van der Waals surface area (Å²) in [5.41, 5.74) is 0.439. The summed E-state index contributed by atoms with van der Waals surface area (Å²) in [6, 6.07) is 8.76. The Kier molecular flexibility index (Phi) is 5.29. The zero-order chi connectivity index (χ0) is 21.3. The first-order chi connectivity index (χ1) is 14.5. The second kappa shape index (κ2) is 7.90. The minimum absolute atomic E-state index is 0.0213. The molecule has 1 aliphatic heterocycles. The molecule has 0 radical (unpaired) electrons. The van der Waals surface area contributed by atoms with Crippen LogP contribution in [0.15, 0.2) is 30.3 Å². The van der Waals surface area contributed by atoms with E-state index in [1.807, 2.05) is 11.0 Å². The fourth-order valence-corrected chi connectivity index (χ4v) is 4.13. The molecule has 2 heterocycles. The van der Waals surface area contributed by atoms with Crippen molar-refractivity contribution in [1.82, 2.24) is 4.98 Å². The summed E-state index contributed by atoms with van der Waals surface area (Å²) in [6.07, 6.45) is 2.55. The Morgan fingerprint density at radius 3 is 2.70 bits per heavy atom. The van der Waals surface area contributed by atoms with Crippen LogP contribution in [0.3, 0.4) is 0 Å². The predicted octanol–water partition coefficient (Wildman–Crippen LogP) is 3.59. The van der Waals surface area contributed by atoms with E-state index in [1.54, 1.807) is 6.07 Å². The molecule has 30 heavy (non-hydrogen) atoms. The lowest BCUT2D eigenvalue weighted by Gasteiger charge is -2.33. The molecule has 1 unspecified atom stereocenters. The number of carbonyl (C=O) groups is 1. The molecule has 1 atom stereocenters. The van der Waals surface area contributed by atoms with Gasteiger partial charge in [-0.05, 0) is 48.9 Å². The van der Waals surface area contributed by atoms with Gasteiger partial charge in [0.05, 0.1) is 24.7 Å². The van der Waals surface area contributed by atoms with Crippen molar-refractivity contribution in [3.05, 3.63) is 53.1 Å². The third kappa shape index (κ3) is 3.80. The number of pyridine rings is 1. The van der Waals surface area contributed by atoms with E-state index in [4.69, 9.17) is 14.7 Å². The third-order valence-corrected chi connectivity index (χ3v) is 6.10. The number of anilines is 1. The smallest absolute Gasteiger partial charge is 0.309 e. The van der Waals surface area contributed by atoms with Crippen molar-refractivity contribution in [2.75, 3.05) is 25.1 Å². The summed E-state index contributed by atoms with van der Waals surface area (Å²) >= 11 is 0. The van der Waals surface area contributed by atoms with Gasteiger partial charge in [-0.2, -0.15) is 10.2 Å². The molecule has 0 N–H and O–H groups in total. The van der Waals surface area contributed by atoms with Gasteiger partial charge in [0.2, 0.25) is 0 Å². The lowest BCUT2D eigenvalue weighted by atomic mass is 9.91. The normalized spacial score (nSPS) is 19.3. The molecule has 0 bridgehead atoms. The van der Waals surface area contributed by atoms with Crippen molar-refractivity contribution in [2.45, 2.75) is 25.9 Å². The Morgan fingerprint density at radius 2 is 2.03 bits per heavy atom. The molecule has 1 aromatic carbocycles. The lowest BCUT2D eigenvalue weighted by molar-refractivity contribution is -0.143. The van der Waals surface area contributed by atoms with Gasteiger partial charge in [0.1, 0.15) is 18.2 Å². The molecule has 2 aliphatic rings. The van der Waals surface area contributed by atoms with Gasteiger partial charge in [0.15, 0.2) is 5.82 Å². The average molecular weight is 413 g/mol. The number of halogens is 2. The van der Waals surface area contributed by atoms with E-state index < -0.39 is 11.6 Å². The number of aromatic nitrogens is 1. The fourth-order valence-electron chi connectivity index (χ4n) is 4.13. The average Bonchev–Trinajstić information content (AvgIpc) is 3.47. The number of benzene rings is 1. The number of ether oxygens (including phenoxy) is 2. The number of hydrogen-bond donors (Lipinski definition) is 0. The molecule has 1 saturated heterocycles. The molecule has 1 aliphatic carbocycles. The van der Waals surface area contributed by atoms with Crippen molar-refractivity contribution >= 4 is 11.8 Å². The Balaban J connectivity index is 1.41. The van der Waals surface area contributed by atoms with Gasteiger partial charge in [-0.25, -0.2) is 8.78 Å². The molecule has 4 rings (SSSR count). The van der Waals surface area contributed by atoms with Gasteiger partial charge in [-0.3, -0.25) is 4.79 Å². The van der Waals surface area contributed by atoms with E-state index in [0.717, 1.165) is 25.3 Å². The zero-order valence-electron chi connectivity index (χ0n) is 16.5. The molecule has 0 amide bonds. The van der Waals surface area contributed by atoms with E-state index in [2.05, 4.69) is 4.98 Å². The van der Waals surface area contributed by atoms with Gasteiger partial charge in [-0.15, -0.1) is 0 Å². The largest absolute Gasteiger partial charge is 0.471 e. The molecule has 8 heteroatoms. The number of esters is 1. The first-order valence-corrected chi connectivity index (χ1v) is 9.76. The third-order valence-electron chi connectivity index (χ3n) is 6.10. The maximum absolute atomic E-state index is 14.2. The summed E-state index contributed by atoms with van der Waals surface area (Å²) in [5.74, 6) is -1.00. The topological polar surface area (TPSA) is 75.4 Å². The highest BCUT2D eigenvalue weighted by molar-refractivity contribution is 5.77. The number of methoxy groups -OCH3 is 1. The fraction of sp³-hybridized carbons (Fsp3) is 0.409. The minimum atomic E-state index is -0.630. The Hall–Kier alpha value is -3.21. The Morgan fingerprint density at radius 1 is 1.27 bits per heavy atom. The number of nitrogens with zero attached hydrogens (tertiary/aromatic N) is 3. The van der Waals surface area contributed by atoms with E-state index in [9.17, 15) is 13.6 Å². The quantitative estimate of drug-likeness (QED) is 0.698. The van der Waals surface area contributed by atoms with E-state index in [0.29, 0.717) is 18.9 Å². The standard InChI is InChI=1S/C22H21F2N3O3/c1-29-21(28)16-11-22(16)6-8-27(9-7-22)19-5-4-17(23)20(26-19)30-13-15-3-2-14(12-25)10-18(15)24/h2-5,10,16H,6-9,11,13H2,1H3. The number of carbonyl (C=O) groups excluding carboxylic acids is 1. The van der Waals surface area contributed by atoms with Crippen LogP contribution in [-0.4, -0.2) is 31.2 Å². The van der Waals surface area contributed by atoms with Gasteiger partial charge in [0, 0.05) is 18.7 Å². The lowest BCUT2D eigenvalue weighted by Crippen LogP contribution is -2.36. The van der Waals surface area contributed by atoms with Gasteiger partial charge < -0.3 is 14.4 Å². The van der Waals surface area contributed by atoms with Crippen molar-refractivity contribution in [3.63, 3.8) is 0 Å². The van der Waals surface area contributed by atoms with Crippen LogP contribution in [0.1, 0.15) is 30.4 Å². The van der Waals surface area contributed by atoms with E-state index >= 15 is 0 Å². The van der Waals surface area contributed by atoms with Crippen LogP contribution in [0.4, 0.5) is 14.6 Å². The molecular formula is C22H21F2N3O3. The molecule has 2 fully saturated rings. The Bertz CT molecular complexity index is 1010. The van der Waals surface area contributed by atoms with Crippen LogP contribution in [0.2, 0.25) is 0 Å². The van der Waals surface area contributed by atoms with Crippen molar-refractivity contribution in [1.29, 1.82) is 5.26 Å². The van der Waals surface area contributed by atoms with E-state index in [-0.39, 0.29) is 40.9 Å². The van der Waals surface area contributed by atoms with Crippen LogP contribution in [0, 0.1) is 34.3 Å². The SMILES string of the molecule is COC(=O)C1CC12CCN(c1ccc(F)c(OCc3ccc(C#N)cc3F)n1)CC2. The first-order valence-electron chi connectivity index (χ1n) is 9.76. The van der Waals surface area contributed by atoms with Crippen LogP contribution in [0.25, 0.3) is 0 Å². The summed E-state index contributed by atoms with van der Waals surface area (Å²) in [7, 11) is 1.41. The highest BCUT2D eigenvalue weighted by Crippen LogP contribution is 2.59. The molecule has 156 valence electrons. The van der Waals surface area contributed by atoms with Crippen molar-refractivity contribution in [3.8, 4) is 11.9 Å². The summed E-state index contributed by atoms with van der Waals surface area (Å²) in [6.45, 7) is 1.21. The van der Waals surface area contributed by atoms with E-state index in [1.165, 1.54) is 25.3 Å². The molecule has 6 nitrogen and oxygen atoms in total. The molecular weight excluding hydrogens is 392 g/mol. The minimum Gasteiger partial charge on any atom is -0.471 e. The summed E-state index contributed by atoms with van der Waals surface area (Å²) < 4.78 is 38.5. The van der Waals surface area contributed by atoms with Gasteiger partial charge in [-0.1, -0.05) is 6.07 Å². The van der Waals surface area contributed by atoms with Crippen molar-refractivity contribution < 1.29 is 23.0 Å². The number of nitriles is 1. The first kappa shape index (κ1) is 20.1. The van der Waals surface area contributed by atoms with Crippen LogP contribution >= 0.6 is 0 Å². The summed E-state index contributed by atoms with van der Waals surface area (Å²) in [4.78, 5) is 18.1. The molecule has 2 aromatic rings. The second-order valence-corrected chi connectivity index (χ2v) is 7.79. The molecule has 1 aromatic heterocycles. The maximum atomic E-state index is 14.2. The van der Waals surface area contributed by atoms with Crippen LogP contribution < -0.4 is 9.64 Å². The zero-order valence-corrected chi connectivity index (χ0v) is 16.5. The highest BCUT2D eigenvalue weighted by Gasteiger charge is 2.59. The molecule has 1 spiro atoms. The Labute approximate surface area is 173 Å². The number of piperidine rings is 1. The number of hydrogen-bond acceptors (Lipinski definition) is 6. The summed E-state index contributed by atoms with van der Waals surface area (Å²) in [5, 5.41) is 8.81. The molecule has 1 saturated carbocycles. The predicted molar refractivity (Wildman–Crippen MR) is 104 cm³/mol. The van der Waals surface area contributed by atoms with Gasteiger partial charge in [0.25, 0.3) is 5.88 Å². The van der Waals surface area contributed by atoms with Crippen LogP contribution in [0.5, 0.6) is 5.88 Å².